The molecule has 0 radical (unpaired) electrons. The number of imidazole rings is 1. The summed E-state index contributed by atoms with van der Waals surface area (Å²) in [6.45, 7) is 1.28. The first-order valence-corrected chi connectivity index (χ1v) is 10.9. The van der Waals surface area contributed by atoms with Gasteiger partial charge in [0, 0.05) is 24.8 Å². The van der Waals surface area contributed by atoms with Crippen LogP contribution < -0.4 is 10.0 Å². The molecule has 4 rings (SSSR count). The fourth-order valence-electron chi connectivity index (χ4n) is 3.69. The van der Waals surface area contributed by atoms with E-state index in [1.807, 2.05) is 11.0 Å². The van der Waals surface area contributed by atoms with Crippen LogP contribution in [0, 0.1) is 5.92 Å². The normalized spacial score (nSPS) is 17.9. The second-order valence-corrected chi connectivity index (χ2v) is 8.82. The van der Waals surface area contributed by atoms with E-state index in [0.717, 1.165) is 24.9 Å². The average Bonchev–Trinajstić information content (AvgIpc) is 3.10. The lowest BCUT2D eigenvalue weighted by atomic mass is 10.00. The molecule has 1 unspecified atom stereocenters. The van der Waals surface area contributed by atoms with Crippen molar-refractivity contribution in [2.45, 2.75) is 19.3 Å². The number of anilines is 1. The molecule has 3 aromatic heterocycles. The third-order valence-corrected chi connectivity index (χ3v) is 5.89. The molecule has 0 spiro atoms. The van der Waals surface area contributed by atoms with Crippen LogP contribution in [0.3, 0.4) is 0 Å². The van der Waals surface area contributed by atoms with Crippen LogP contribution in [0.15, 0.2) is 36.7 Å². The zero-order chi connectivity index (χ0) is 20.6. The van der Waals surface area contributed by atoms with Crippen molar-refractivity contribution < 1.29 is 17.2 Å². The van der Waals surface area contributed by atoms with Crippen molar-refractivity contribution in [2.75, 3.05) is 23.7 Å². The number of fused-ring (bicyclic) bond motifs is 1. The number of halogens is 2. The average molecular weight is 422 g/mol. The Balaban J connectivity index is 1.64. The van der Waals surface area contributed by atoms with Crippen LogP contribution in [-0.4, -0.2) is 46.8 Å². The number of aromatic nitrogens is 4. The van der Waals surface area contributed by atoms with Crippen LogP contribution in [0.25, 0.3) is 16.9 Å². The zero-order valence-electron chi connectivity index (χ0n) is 15.4. The summed E-state index contributed by atoms with van der Waals surface area (Å²) in [6.07, 6.45) is 2.16. The molecule has 11 heteroatoms. The molecule has 4 heterocycles. The maximum Gasteiger partial charge on any atom is 0.282 e. The molecule has 1 atom stereocenters. The van der Waals surface area contributed by atoms with E-state index >= 15 is 0 Å². The highest BCUT2D eigenvalue weighted by atomic mass is 32.2. The Kier molecular flexibility index (Phi) is 5.17. The Labute approximate surface area is 166 Å². The molecular formula is C18H20F2N6O2S. The molecule has 0 amide bonds. The third-order valence-electron chi connectivity index (χ3n) is 4.96. The van der Waals surface area contributed by atoms with Gasteiger partial charge in [0.05, 0.1) is 17.6 Å². The van der Waals surface area contributed by atoms with Crippen LogP contribution in [0.4, 0.5) is 14.6 Å². The van der Waals surface area contributed by atoms with Gasteiger partial charge >= 0.3 is 0 Å². The highest BCUT2D eigenvalue weighted by molar-refractivity contribution is 7.89. The Morgan fingerprint density at radius 1 is 1.24 bits per heavy atom. The molecule has 154 valence electrons. The summed E-state index contributed by atoms with van der Waals surface area (Å²) in [6, 6.07) is 6.35. The molecule has 29 heavy (non-hydrogen) atoms. The molecule has 0 bridgehead atoms. The number of primary sulfonamides is 1. The van der Waals surface area contributed by atoms with Gasteiger partial charge in [-0.05, 0) is 43.0 Å². The number of sulfonamides is 1. The van der Waals surface area contributed by atoms with Crippen molar-refractivity contribution in [2.24, 2.45) is 11.1 Å². The number of nitrogens with zero attached hydrogens (tertiary/aromatic N) is 5. The van der Waals surface area contributed by atoms with Gasteiger partial charge in [0.1, 0.15) is 11.5 Å². The van der Waals surface area contributed by atoms with Gasteiger partial charge in [-0.25, -0.2) is 36.8 Å². The summed E-state index contributed by atoms with van der Waals surface area (Å²) in [5.74, 6) is 0.563. The SMILES string of the molecule is NS(=O)(=O)CC1CCCN(c2cc(-c3cnc4ccc(C(F)F)nn34)ccn2)C1. The first-order chi connectivity index (χ1) is 13.8. The number of hydrogen-bond acceptors (Lipinski definition) is 6. The lowest BCUT2D eigenvalue weighted by Crippen LogP contribution is -2.39. The van der Waals surface area contributed by atoms with E-state index in [4.69, 9.17) is 5.14 Å². The zero-order valence-corrected chi connectivity index (χ0v) is 16.3. The van der Waals surface area contributed by atoms with E-state index in [9.17, 15) is 17.2 Å². The van der Waals surface area contributed by atoms with Crippen LogP contribution in [0.2, 0.25) is 0 Å². The fraction of sp³-hybridized carbons (Fsp3) is 0.389. The highest BCUT2D eigenvalue weighted by Gasteiger charge is 2.24. The Hall–Kier alpha value is -2.66. The summed E-state index contributed by atoms with van der Waals surface area (Å²) < 4.78 is 50.3. The van der Waals surface area contributed by atoms with E-state index in [1.165, 1.54) is 16.6 Å². The first kappa shape index (κ1) is 19.6. The highest BCUT2D eigenvalue weighted by Crippen LogP contribution is 2.27. The lowest BCUT2D eigenvalue weighted by molar-refractivity contribution is 0.144. The number of piperidine rings is 1. The van der Waals surface area contributed by atoms with Crippen molar-refractivity contribution in [1.29, 1.82) is 0 Å². The fourth-order valence-corrected chi connectivity index (χ4v) is 4.62. The second-order valence-electron chi connectivity index (χ2n) is 7.16. The molecule has 1 aliphatic heterocycles. The van der Waals surface area contributed by atoms with E-state index in [-0.39, 0.29) is 17.4 Å². The molecule has 0 aliphatic carbocycles. The second kappa shape index (κ2) is 7.64. The molecule has 1 fully saturated rings. The number of hydrogen-bond donors (Lipinski definition) is 1. The Morgan fingerprint density at radius 3 is 2.83 bits per heavy atom. The molecule has 8 nitrogen and oxygen atoms in total. The minimum atomic E-state index is -3.54. The smallest absolute Gasteiger partial charge is 0.282 e. The van der Waals surface area contributed by atoms with Crippen molar-refractivity contribution >= 4 is 21.5 Å². The van der Waals surface area contributed by atoms with Crippen molar-refractivity contribution in [3.8, 4) is 11.3 Å². The molecule has 1 saturated heterocycles. The van der Waals surface area contributed by atoms with Crippen LogP contribution in [0.5, 0.6) is 0 Å². The summed E-state index contributed by atoms with van der Waals surface area (Å²) >= 11 is 0. The summed E-state index contributed by atoms with van der Waals surface area (Å²) in [4.78, 5) is 10.7. The van der Waals surface area contributed by atoms with Gasteiger partial charge in [0.15, 0.2) is 5.65 Å². The van der Waals surface area contributed by atoms with Gasteiger partial charge in [-0.1, -0.05) is 0 Å². The van der Waals surface area contributed by atoms with E-state index in [1.54, 1.807) is 18.5 Å². The molecular weight excluding hydrogens is 402 g/mol. The van der Waals surface area contributed by atoms with E-state index in [2.05, 4.69) is 15.1 Å². The number of pyridine rings is 1. The molecule has 0 saturated carbocycles. The van der Waals surface area contributed by atoms with Gasteiger partial charge in [0.2, 0.25) is 10.0 Å². The van der Waals surface area contributed by atoms with Gasteiger partial charge in [-0.15, -0.1) is 0 Å². The number of rotatable bonds is 5. The summed E-state index contributed by atoms with van der Waals surface area (Å²) in [5, 5.41) is 9.19. The number of alkyl halides is 2. The quantitative estimate of drug-likeness (QED) is 0.676. The Morgan fingerprint density at radius 2 is 2.07 bits per heavy atom. The van der Waals surface area contributed by atoms with Gasteiger partial charge < -0.3 is 4.90 Å². The first-order valence-electron chi connectivity index (χ1n) is 9.15. The topological polar surface area (TPSA) is 106 Å². The maximum atomic E-state index is 13.0. The summed E-state index contributed by atoms with van der Waals surface area (Å²) in [7, 11) is -3.54. The predicted octanol–water partition coefficient (Wildman–Crippen LogP) is 2.23. The molecule has 3 aromatic rings. The Bertz CT molecular complexity index is 1130. The van der Waals surface area contributed by atoms with E-state index < -0.39 is 16.4 Å². The maximum absolute atomic E-state index is 13.0. The van der Waals surface area contributed by atoms with Crippen molar-refractivity contribution in [3.63, 3.8) is 0 Å². The van der Waals surface area contributed by atoms with Crippen LogP contribution in [0.1, 0.15) is 25.0 Å². The molecule has 0 aromatic carbocycles. The molecule has 1 aliphatic rings. The van der Waals surface area contributed by atoms with Crippen molar-refractivity contribution in [1.82, 2.24) is 19.6 Å². The minimum Gasteiger partial charge on any atom is -0.356 e. The van der Waals surface area contributed by atoms with Crippen LogP contribution >= 0.6 is 0 Å². The van der Waals surface area contributed by atoms with E-state index in [0.29, 0.717) is 23.7 Å². The minimum absolute atomic E-state index is 0.0588. The monoisotopic (exact) mass is 422 g/mol. The number of nitrogens with two attached hydrogens (primary N) is 1. The lowest BCUT2D eigenvalue weighted by Gasteiger charge is -2.33. The largest absolute Gasteiger partial charge is 0.356 e. The predicted molar refractivity (Wildman–Crippen MR) is 104 cm³/mol. The van der Waals surface area contributed by atoms with Crippen molar-refractivity contribution in [3.05, 3.63) is 42.4 Å². The summed E-state index contributed by atoms with van der Waals surface area (Å²) in [5.41, 5.74) is 1.45. The van der Waals surface area contributed by atoms with Crippen LogP contribution in [-0.2, 0) is 10.0 Å². The third kappa shape index (κ3) is 4.35. The standard InChI is InChI=1S/C18H20F2N6O2S/c19-18(20)14-3-4-16-23-9-15(26(16)24-14)13-5-6-22-17(8-13)25-7-1-2-12(10-25)11-29(21,27)28/h3-6,8-9,12,18H,1-2,7,10-11H2,(H2,21,27,28). The van der Waals surface area contributed by atoms with Gasteiger partial charge in [-0.2, -0.15) is 5.10 Å². The van der Waals surface area contributed by atoms with Gasteiger partial charge in [0.25, 0.3) is 6.43 Å². The van der Waals surface area contributed by atoms with Gasteiger partial charge in [-0.3, -0.25) is 0 Å². The molecule has 2 N–H and O–H groups in total.